The Morgan fingerprint density at radius 2 is 2.00 bits per heavy atom. The van der Waals surface area contributed by atoms with Crippen molar-refractivity contribution in [2.75, 3.05) is 19.7 Å². The van der Waals surface area contributed by atoms with Crippen LogP contribution in [0.2, 0.25) is 0 Å². The Balaban J connectivity index is 1.26. The minimum Gasteiger partial charge on any atom is -0.396 e. The molecule has 0 N–H and O–H groups in total. The number of nitrogens with zero attached hydrogens (tertiary/aromatic N) is 4. The van der Waals surface area contributed by atoms with Gasteiger partial charge < -0.3 is 14.3 Å². The van der Waals surface area contributed by atoms with E-state index in [1.807, 2.05) is 29.2 Å². The molecule has 2 fully saturated rings. The van der Waals surface area contributed by atoms with Crippen molar-refractivity contribution >= 4 is 11.6 Å². The fourth-order valence-electron chi connectivity index (χ4n) is 3.10. The normalized spacial score (nSPS) is 17.1. The number of carbonyl (C=O) groups is 1. The Morgan fingerprint density at radius 1 is 1.26 bits per heavy atom. The van der Waals surface area contributed by atoms with E-state index in [1.165, 1.54) is 12.8 Å². The number of oxime groups is 1. The van der Waals surface area contributed by atoms with Crippen molar-refractivity contribution in [3.8, 4) is 11.4 Å². The molecule has 0 bridgehead atoms. The molecule has 2 heterocycles. The zero-order chi connectivity index (χ0) is 18.6. The van der Waals surface area contributed by atoms with Crippen LogP contribution in [0.25, 0.3) is 11.4 Å². The Bertz CT molecular complexity index is 814. The number of rotatable bonds is 6. The Labute approximate surface area is 158 Å². The minimum absolute atomic E-state index is 0.149. The van der Waals surface area contributed by atoms with Crippen LogP contribution in [0.5, 0.6) is 0 Å². The Hall–Kier alpha value is -2.70. The fraction of sp³-hybridized carbons (Fsp3) is 0.500. The van der Waals surface area contributed by atoms with Crippen molar-refractivity contribution in [1.29, 1.82) is 0 Å². The first kappa shape index (κ1) is 17.7. The lowest BCUT2D eigenvalue weighted by Crippen LogP contribution is -2.39. The third-order valence-electron chi connectivity index (χ3n) is 4.99. The quantitative estimate of drug-likeness (QED) is 0.732. The Kier molecular flexibility index (Phi) is 5.18. The first-order valence-corrected chi connectivity index (χ1v) is 9.52. The standard InChI is InChI=1S/C20H24N4O3/c1-14-21-20(23-27-14)17-6-4-15(5-7-17)12-19(25)24-10-8-18(9-11-24)22-26-13-16-2-3-16/h4-7,16H,2-3,8-13H2,1H3. The van der Waals surface area contributed by atoms with Crippen molar-refractivity contribution in [2.45, 2.75) is 39.0 Å². The molecule has 2 aromatic rings. The Morgan fingerprint density at radius 3 is 2.63 bits per heavy atom. The van der Waals surface area contributed by atoms with Gasteiger partial charge in [0.15, 0.2) is 0 Å². The third-order valence-corrected chi connectivity index (χ3v) is 4.99. The molecule has 1 aliphatic heterocycles. The summed E-state index contributed by atoms with van der Waals surface area (Å²) in [5.41, 5.74) is 2.93. The van der Waals surface area contributed by atoms with Crippen molar-refractivity contribution < 1.29 is 14.2 Å². The molecular weight excluding hydrogens is 344 g/mol. The summed E-state index contributed by atoms with van der Waals surface area (Å²) < 4.78 is 5.00. The molecule has 7 heteroatoms. The number of aromatic nitrogens is 2. The van der Waals surface area contributed by atoms with E-state index in [9.17, 15) is 4.79 Å². The van der Waals surface area contributed by atoms with Gasteiger partial charge in [0.05, 0.1) is 12.1 Å². The van der Waals surface area contributed by atoms with Gasteiger partial charge in [-0.05, 0) is 24.3 Å². The fourth-order valence-corrected chi connectivity index (χ4v) is 3.10. The van der Waals surface area contributed by atoms with Crippen LogP contribution in [0.1, 0.15) is 37.1 Å². The molecule has 1 amide bonds. The molecule has 7 nitrogen and oxygen atoms in total. The minimum atomic E-state index is 0.149. The lowest BCUT2D eigenvalue weighted by atomic mass is 10.1. The largest absolute Gasteiger partial charge is 0.396 e. The van der Waals surface area contributed by atoms with Crippen molar-refractivity contribution in [3.63, 3.8) is 0 Å². The summed E-state index contributed by atoms with van der Waals surface area (Å²) in [4.78, 5) is 24.1. The molecule has 142 valence electrons. The second-order valence-electron chi connectivity index (χ2n) is 7.29. The van der Waals surface area contributed by atoms with E-state index in [1.54, 1.807) is 6.92 Å². The lowest BCUT2D eigenvalue weighted by molar-refractivity contribution is -0.130. The smallest absolute Gasteiger partial charge is 0.227 e. The molecule has 1 aliphatic carbocycles. The molecule has 1 aromatic heterocycles. The van der Waals surface area contributed by atoms with Crippen LogP contribution >= 0.6 is 0 Å². The molecule has 2 aliphatic rings. The number of benzene rings is 1. The van der Waals surface area contributed by atoms with E-state index in [0.29, 0.717) is 37.1 Å². The van der Waals surface area contributed by atoms with Gasteiger partial charge >= 0.3 is 0 Å². The molecule has 4 rings (SSSR count). The summed E-state index contributed by atoms with van der Waals surface area (Å²) in [7, 11) is 0. The number of carbonyl (C=O) groups excluding carboxylic acids is 1. The number of amides is 1. The van der Waals surface area contributed by atoms with Gasteiger partial charge in [0.1, 0.15) is 6.61 Å². The highest BCUT2D eigenvalue weighted by Gasteiger charge is 2.23. The van der Waals surface area contributed by atoms with Crippen LogP contribution in [-0.4, -0.2) is 46.4 Å². The summed E-state index contributed by atoms with van der Waals surface area (Å²) in [5, 5.41) is 8.15. The van der Waals surface area contributed by atoms with Crippen molar-refractivity contribution in [2.24, 2.45) is 11.1 Å². The highest BCUT2D eigenvalue weighted by atomic mass is 16.6. The first-order chi connectivity index (χ1) is 13.2. The van der Waals surface area contributed by atoms with Crippen LogP contribution in [0.3, 0.4) is 0 Å². The molecule has 0 spiro atoms. The van der Waals surface area contributed by atoms with Crippen LogP contribution in [0, 0.1) is 12.8 Å². The number of aryl methyl sites for hydroxylation is 1. The number of hydrogen-bond donors (Lipinski definition) is 0. The van der Waals surface area contributed by atoms with Gasteiger partial charge in [-0.3, -0.25) is 4.79 Å². The molecular formula is C20H24N4O3. The number of likely N-dealkylation sites (tertiary alicyclic amines) is 1. The SMILES string of the molecule is Cc1nc(-c2ccc(CC(=O)N3CCC(=NOCC4CC4)CC3)cc2)no1. The van der Waals surface area contributed by atoms with E-state index in [4.69, 9.17) is 9.36 Å². The van der Waals surface area contributed by atoms with E-state index in [-0.39, 0.29) is 5.91 Å². The van der Waals surface area contributed by atoms with Crippen LogP contribution in [0.4, 0.5) is 0 Å². The maximum atomic E-state index is 12.6. The maximum absolute atomic E-state index is 12.6. The van der Waals surface area contributed by atoms with Crippen molar-refractivity contribution in [1.82, 2.24) is 15.0 Å². The molecule has 27 heavy (non-hydrogen) atoms. The molecule has 0 unspecified atom stereocenters. The van der Waals surface area contributed by atoms with Crippen LogP contribution < -0.4 is 0 Å². The predicted octanol–water partition coefficient (Wildman–Crippen LogP) is 2.99. The van der Waals surface area contributed by atoms with Crippen LogP contribution in [0.15, 0.2) is 33.9 Å². The summed E-state index contributed by atoms with van der Waals surface area (Å²) >= 11 is 0. The van der Waals surface area contributed by atoms with Gasteiger partial charge in [0.2, 0.25) is 17.6 Å². The molecule has 1 saturated carbocycles. The second-order valence-corrected chi connectivity index (χ2v) is 7.29. The monoisotopic (exact) mass is 368 g/mol. The maximum Gasteiger partial charge on any atom is 0.227 e. The topological polar surface area (TPSA) is 80.8 Å². The zero-order valence-corrected chi connectivity index (χ0v) is 15.6. The van der Waals surface area contributed by atoms with E-state index < -0.39 is 0 Å². The van der Waals surface area contributed by atoms with Gasteiger partial charge in [-0.15, -0.1) is 0 Å². The van der Waals surface area contributed by atoms with Crippen molar-refractivity contribution in [3.05, 3.63) is 35.7 Å². The predicted molar refractivity (Wildman–Crippen MR) is 100 cm³/mol. The average Bonchev–Trinajstić information content (AvgIpc) is 3.41. The first-order valence-electron chi connectivity index (χ1n) is 9.52. The number of piperidine rings is 1. The highest BCUT2D eigenvalue weighted by molar-refractivity contribution is 5.87. The summed E-state index contributed by atoms with van der Waals surface area (Å²) in [6.07, 6.45) is 4.53. The van der Waals surface area contributed by atoms with Crippen LogP contribution in [-0.2, 0) is 16.1 Å². The van der Waals surface area contributed by atoms with Gasteiger partial charge in [-0.1, -0.05) is 34.6 Å². The second kappa shape index (κ2) is 7.90. The zero-order valence-electron chi connectivity index (χ0n) is 15.6. The van der Waals surface area contributed by atoms with Gasteiger partial charge in [-0.25, -0.2) is 0 Å². The van der Waals surface area contributed by atoms with E-state index >= 15 is 0 Å². The third kappa shape index (κ3) is 4.72. The van der Waals surface area contributed by atoms with Gasteiger partial charge in [0.25, 0.3) is 0 Å². The number of hydrogen-bond acceptors (Lipinski definition) is 6. The van der Waals surface area contributed by atoms with E-state index in [0.717, 1.165) is 36.3 Å². The molecule has 1 aromatic carbocycles. The summed E-state index contributed by atoms with van der Waals surface area (Å²) in [6.45, 7) is 3.93. The van der Waals surface area contributed by atoms with Gasteiger partial charge in [-0.2, -0.15) is 4.98 Å². The highest BCUT2D eigenvalue weighted by Crippen LogP contribution is 2.29. The molecule has 1 saturated heterocycles. The molecule has 0 atom stereocenters. The van der Waals surface area contributed by atoms with Gasteiger partial charge in [0, 0.05) is 38.4 Å². The van der Waals surface area contributed by atoms with E-state index in [2.05, 4.69) is 15.3 Å². The molecule has 0 radical (unpaired) electrons. The summed E-state index contributed by atoms with van der Waals surface area (Å²) in [6, 6.07) is 7.74. The summed E-state index contributed by atoms with van der Waals surface area (Å²) in [5.74, 6) is 1.97. The lowest BCUT2D eigenvalue weighted by Gasteiger charge is -2.27. The average molecular weight is 368 g/mol.